The van der Waals surface area contributed by atoms with Crippen molar-refractivity contribution >= 4 is 5.78 Å². The Balaban J connectivity index is 1.93. The van der Waals surface area contributed by atoms with Crippen molar-refractivity contribution in [3.8, 4) is 0 Å². The highest BCUT2D eigenvalue weighted by Crippen LogP contribution is 2.77. The summed E-state index contributed by atoms with van der Waals surface area (Å²) in [7, 11) is 0. The molecule has 4 atom stereocenters. The molecule has 0 unspecified atom stereocenters. The molecule has 4 rings (SSSR count). The van der Waals surface area contributed by atoms with Gasteiger partial charge in [0.15, 0.2) is 0 Å². The summed E-state index contributed by atoms with van der Waals surface area (Å²) in [5, 5.41) is 0. The van der Waals surface area contributed by atoms with Crippen LogP contribution in [0.1, 0.15) is 39.5 Å². The molecule has 1 heteroatoms. The van der Waals surface area contributed by atoms with Crippen LogP contribution < -0.4 is 0 Å². The van der Waals surface area contributed by atoms with E-state index in [0.29, 0.717) is 28.4 Å². The van der Waals surface area contributed by atoms with Crippen molar-refractivity contribution in [2.45, 2.75) is 39.5 Å². The van der Waals surface area contributed by atoms with Gasteiger partial charge < -0.3 is 0 Å². The van der Waals surface area contributed by atoms with Gasteiger partial charge in [0.1, 0.15) is 5.78 Å². The Morgan fingerprint density at radius 1 is 1.27 bits per heavy atom. The molecule has 0 amide bonds. The van der Waals surface area contributed by atoms with E-state index in [-0.39, 0.29) is 0 Å². The summed E-state index contributed by atoms with van der Waals surface area (Å²) in [4.78, 5) is 12.0. The van der Waals surface area contributed by atoms with Crippen LogP contribution in [0, 0.1) is 28.6 Å². The second kappa shape index (κ2) is 2.09. The van der Waals surface area contributed by atoms with Crippen molar-refractivity contribution in [2.24, 2.45) is 28.6 Å². The Kier molecular flexibility index (Phi) is 1.19. The molecule has 0 saturated heterocycles. The van der Waals surface area contributed by atoms with Crippen molar-refractivity contribution < 1.29 is 4.79 Å². The number of hydrogen-bond donors (Lipinski definition) is 0. The van der Waals surface area contributed by atoms with E-state index in [4.69, 9.17) is 0 Å². The lowest BCUT2D eigenvalue weighted by Crippen LogP contribution is -2.55. The van der Waals surface area contributed by atoms with Crippen LogP contribution in [0.5, 0.6) is 0 Å². The first-order chi connectivity index (χ1) is 7.08. The van der Waals surface area contributed by atoms with Gasteiger partial charge in [-0.1, -0.05) is 25.5 Å². The molecule has 1 nitrogen and oxygen atoms in total. The number of ketones is 1. The van der Waals surface area contributed by atoms with Crippen LogP contribution in [0.4, 0.5) is 0 Å². The van der Waals surface area contributed by atoms with Gasteiger partial charge in [-0.15, -0.1) is 0 Å². The fraction of sp³-hybridized carbons (Fsp3) is 0.786. The van der Waals surface area contributed by atoms with Crippen molar-refractivity contribution in [3.05, 3.63) is 11.6 Å². The first-order valence-electron chi connectivity index (χ1n) is 6.31. The molecule has 0 radical (unpaired) electrons. The topological polar surface area (TPSA) is 17.1 Å². The summed E-state index contributed by atoms with van der Waals surface area (Å²) < 4.78 is 0. The molecule has 80 valence electrons. The number of carbonyl (C=O) groups excluding carboxylic acids is 1. The third-order valence-electron chi connectivity index (χ3n) is 5.91. The maximum atomic E-state index is 12.0. The van der Waals surface area contributed by atoms with Gasteiger partial charge in [0.2, 0.25) is 0 Å². The van der Waals surface area contributed by atoms with Gasteiger partial charge in [0.25, 0.3) is 0 Å². The fourth-order valence-electron chi connectivity index (χ4n) is 5.60. The molecule has 4 aliphatic carbocycles. The lowest BCUT2D eigenvalue weighted by molar-refractivity contribution is -0.150. The molecule has 0 aromatic carbocycles. The summed E-state index contributed by atoms with van der Waals surface area (Å²) in [6.07, 6.45) is 7.23. The van der Waals surface area contributed by atoms with Gasteiger partial charge in [-0.2, -0.15) is 0 Å². The number of hydrogen-bond acceptors (Lipinski definition) is 1. The smallest absolute Gasteiger partial charge is 0.141 e. The highest BCUT2D eigenvalue weighted by Gasteiger charge is 2.75. The summed E-state index contributed by atoms with van der Waals surface area (Å²) in [6.45, 7) is 4.82. The van der Waals surface area contributed by atoms with Crippen molar-refractivity contribution in [1.29, 1.82) is 0 Å². The van der Waals surface area contributed by atoms with Crippen molar-refractivity contribution in [3.63, 3.8) is 0 Å². The van der Waals surface area contributed by atoms with E-state index in [2.05, 4.69) is 19.9 Å². The molecule has 0 aliphatic heterocycles. The summed E-state index contributed by atoms with van der Waals surface area (Å²) >= 11 is 0. The van der Waals surface area contributed by atoms with Gasteiger partial charge in [-0.05, 0) is 37.0 Å². The maximum Gasteiger partial charge on any atom is 0.141 e. The number of allylic oxidation sites excluding steroid dienone is 2. The van der Waals surface area contributed by atoms with E-state index >= 15 is 0 Å². The van der Waals surface area contributed by atoms with E-state index in [1.807, 2.05) is 0 Å². The minimum absolute atomic E-state index is 0.389. The van der Waals surface area contributed by atoms with Crippen molar-refractivity contribution in [1.82, 2.24) is 0 Å². The maximum absolute atomic E-state index is 12.0. The van der Waals surface area contributed by atoms with Crippen LogP contribution in [-0.4, -0.2) is 5.78 Å². The number of carbonyl (C=O) groups is 1. The molecule has 4 aliphatic rings. The highest BCUT2D eigenvalue weighted by atomic mass is 16.1. The molecule has 0 N–H and O–H groups in total. The Labute approximate surface area is 90.9 Å². The molecule has 0 bridgehead atoms. The largest absolute Gasteiger partial charge is 0.299 e. The Bertz CT molecular complexity index is 404. The zero-order chi connectivity index (χ0) is 10.4. The third-order valence-corrected chi connectivity index (χ3v) is 5.91. The van der Waals surface area contributed by atoms with Crippen LogP contribution in [0.15, 0.2) is 11.6 Å². The van der Waals surface area contributed by atoms with E-state index in [1.165, 1.54) is 19.3 Å². The second-order valence-electron chi connectivity index (χ2n) is 6.70. The Hall–Kier alpha value is -0.590. The van der Waals surface area contributed by atoms with Crippen LogP contribution in [-0.2, 0) is 4.79 Å². The molecule has 3 fully saturated rings. The molecular formula is C14H18O. The molecular weight excluding hydrogens is 184 g/mol. The summed E-state index contributed by atoms with van der Waals surface area (Å²) in [6, 6.07) is 0. The van der Waals surface area contributed by atoms with Crippen molar-refractivity contribution in [2.75, 3.05) is 0 Å². The Morgan fingerprint density at radius 2 is 2.07 bits per heavy atom. The molecule has 15 heavy (non-hydrogen) atoms. The quantitative estimate of drug-likeness (QED) is 0.552. The van der Waals surface area contributed by atoms with Crippen LogP contribution in [0.3, 0.4) is 0 Å². The second-order valence-corrected chi connectivity index (χ2v) is 6.70. The van der Waals surface area contributed by atoms with E-state index in [1.54, 1.807) is 5.57 Å². The van der Waals surface area contributed by atoms with Gasteiger partial charge in [0.05, 0.1) is 0 Å². The fourth-order valence-corrected chi connectivity index (χ4v) is 5.60. The first-order valence-corrected chi connectivity index (χ1v) is 6.31. The average molecular weight is 202 g/mol. The van der Waals surface area contributed by atoms with Gasteiger partial charge in [-0.25, -0.2) is 0 Å². The van der Waals surface area contributed by atoms with Crippen LogP contribution >= 0.6 is 0 Å². The molecule has 0 heterocycles. The lowest BCUT2D eigenvalue weighted by atomic mass is 9.51. The van der Waals surface area contributed by atoms with Crippen LogP contribution in [0.2, 0.25) is 0 Å². The monoisotopic (exact) mass is 202 g/mol. The minimum atomic E-state index is 0.389. The molecule has 0 aromatic heterocycles. The normalized spacial score (nSPS) is 53.6. The average Bonchev–Trinajstić information content (AvgIpc) is 2.72. The van der Waals surface area contributed by atoms with E-state index in [9.17, 15) is 4.79 Å². The predicted octanol–water partition coefficient (Wildman–Crippen LogP) is 2.96. The standard InChI is InChI=1S/C14H18O/c1-13(2)7-8-3-4-9-12(15)10-5-6-11(13)14(8,9)10/h3,9-11H,4-7H2,1-2H3/t9-,10-,11-,14+/m1/s1. The summed E-state index contributed by atoms with van der Waals surface area (Å²) in [5.74, 6) is 2.25. The number of Topliss-reactive ketones (excluding diaryl/α,β-unsaturated/α-hetero) is 1. The summed E-state index contributed by atoms with van der Waals surface area (Å²) in [5.41, 5.74) is 2.52. The predicted molar refractivity (Wildman–Crippen MR) is 58.2 cm³/mol. The molecule has 1 spiro atoms. The zero-order valence-electron chi connectivity index (χ0n) is 9.55. The van der Waals surface area contributed by atoms with Crippen LogP contribution in [0.25, 0.3) is 0 Å². The third kappa shape index (κ3) is 0.636. The molecule has 0 aromatic rings. The number of rotatable bonds is 0. The minimum Gasteiger partial charge on any atom is -0.299 e. The zero-order valence-corrected chi connectivity index (χ0v) is 9.55. The van der Waals surface area contributed by atoms with Gasteiger partial charge >= 0.3 is 0 Å². The van der Waals surface area contributed by atoms with Gasteiger partial charge in [0, 0.05) is 17.3 Å². The van der Waals surface area contributed by atoms with Gasteiger partial charge in [-0.3, -0.25) is 4.79 Å². The first kappa shape index (κ1) is 8.55. The highest BCUT2D eigenvalue weighted by molar-refractivity contribution is 5.95. The Morgan fingerprint density at radius 3 is 2.87 bits per heavy atom. The lowest BCUT2D eigenvalue weighted by Gasteiger charge is -2.50. The van der Waals surface area contributed by atoms with E-state index in [0.717, 1.165) is 12.3 Å². The van der Waals surface area contributed by atoms with E-state index < -0.39 is 0 Å². The SMILES string of the molecule is CC1(C)CC2=CC[C@@H]3C(=O)[C@H]4CC[C@H]1[C@@]234. The molecule has 3 saturated carbocycles.